The van der Waals surface area contributed by atoms with Crippen LogP contribution in [0.1, 0.15) is 5.56 Å². The van der Waals surface area contributed by atoms with E-state index in [0.717, 1.165) is 27.2 Å². The number of amides is 1. The number of hydrogen-bond acceptors (Lipinski definition) is 6. The van der Waals surface area contributed by atoms with Gasteiger partial charge < -0.3 is 14.5 Å². The molecular weight excluding hydrogens is 386 g/mol. The molecule has 4 rings (SSSR count). The van der Waals surface area contributed by atoms with Crippen LogP contribution in [0.3, 0.4) is 0 Å². The molecule has 0 aliphatic rings. The summed E-state index contributed by atoms with van der Waals surface area (Å²) in [6.07, 6.45) is 1.59. The Hall–Kier alpha value is -3.32. The van der Waals surface area contributed by atoms with Gasteiger partial charge in [0.25, 0.3) is 0 Å². The number of thioether (sulfide) groups is 1. The van der Waals surface area contributed by atoms with Gasteiger partial charge in [0.2, 0.25) is 5.91 Å². The summed E-state index contributed by atoms with van der Waals surface area (Å²) in [6, 6.07) is 19.0. The van der Waals surface area contributed by atoms with E-state index >= 15 is 0 Å². The molecule has 29 heavy (non-hydrogen) atoms. The van der Waals surface area contributed by atoms with Crippen molar-refractivity contribution in [3.05, 3.63) is 72.5 Å². The van der Waals surface area contributed by atoms with E-state index in [9.17, 15) is 4.79 Å². The van der Waals surface area contributed by atoms with Crippen molar-refractivity contribution in [2.45, 2.75) is 11.6 Å². The van der Waals surface area contributed by atoms with Gasteiger partial charge in [-0.2, -0.15) is 0 Å². The highest BCUT2D eigenvalue weighted by Crippen LogP contribution is 2.28. The Bertz CT molecular complexity index is 1130. The van der Waals surface area contributed by atoms with E-state index in [1.165, 1.54) is 11.8 Å². The van der Waals surface area contributed by atoms with Crippen LogP contribution in [-0.2, 0) is 11.3 Å². The van der Waals surface area contributed by atoms with E-state index in [4.69, 9.17) is 9.15 Å². The second kappa shape index (κ2) is 8.79. The minimum Gasteiger partial charge on any atom is -0.497 e. The number of rotatable bonds is 7. The molecule has 4 aromatic rings. The number of methoxy groups -OCH3 is 1. The van der Waals surface area contributed by atoms with E-state index in [1.807, 2.05) is 54.6 Å². The van der Waals surface area contributed by atoms with Crippen LogP contribution in [0.5, 0.6) is 5.75 Å². The van der Waals surface area contributed by atoms with Crippen LogP contribution in [0.15, 0.2) is 76.4 Å². The quantitative estimate of drug-likeness (QED) is 0.365. The molecule has 0 aliphatic carbocycles. The van der Waals surface area contributed by atoms with Gasteiger partial charge in [-0.3, -0.25) is 4.79 Å². The molecule has 2 heterocycles. The molecule has 0 unspecified atom stereocenters. The highest BCUT2D eigenvalue weighted by molar-refractivity contribution is 8.00. The van der Waals surface area contributed by atoms with Crippen LogP contribution in [-0.4, -0.2) is 28.7 Å². The number of furan rings is 1. The number of benzene rings is 2. The van der Waals surface area contributed by atoms with Crippen LogP contribution >= 0.6 is 11.8 Å². The summed E-state index contributed by atoms with van der Waals surface area (Å²) in [6.45, 7) is 0.443. The number of nitrogens with one attached hydrogen (secondary N) is 1. The molecular formula is C22H19N3O3S. The summed E-state index contributed by atoms with van der Waals surface area (Å²) in [7, 11) is 1.62. The lowest BCUT2D eigenvalue weighted by molar-refractivity contribution is -0.118. The fraction of sp³-hybridized carbons (Fsp3) is 0.136. The lowest BCUT2D eigenvalue weighted by Gasteiger charge is -2.09. The van der Waals surface area contributed by atoms with Crippen molar-refractivity contribution in [2.24, 2.45) is 0 Å². The number of fused-ring (bicyclic) bond motifs is 1. The number of para-hydroxylation sites is 1. The van der Waals surface area contributed by atoms with E-state index in [2.05, 4.69) is 15.3 Å². The molecule has 0 bridgehead atoms. The first-order valence-electron chi connectivity index (χ1n) is 9.06. The lowest BCUT2D eigenvalue weighted by Crippen LogP contribution is -2.24. The highest BCUT2D eigenvalue weighted by Gasteiger charge is 2.13. The van der Waals surface area contributed by atoms with Gasteiger partial charge in [-0.1, -0.05) is 42.1 Å². The maximum absolute atomic E-state index is 12.4. The zero-order chi connectivity index (χ0) is 20.1. The van der Waals surface area contributed by atoms with E-state index in [0.29, 0.717) is 18.1 Å². The molecule has 6 nitrogen and oxygen atoms in total. The van der Waals surface area contributed by atoms with Crippen LogP contribution in [0.4, 0.5) is 0 Å². The molecule has 1 N–H and O–H groups in total. The van der Waals surface area contributed by atoms with Gasteiger partial charge in [0, 0.05) is 11.9 Å². The molecule has 0 fully saturated rings. The summed E-state index contributed by atoms with van der Waals surface area (Å²) >= 11 is 1.38. The number of carbonyl (C=O) groups is 1. The second-order valence-corrected chi connectivity index (χ2v) is 7.23. The van der Waals surface area contributed by atoms with Crippen molar-refractivity contribution < 1.29 is 13.9 Å². The Labute approximate surface area is 172 Å². The first kappa shape index (κ1) is 19.0. The summed E-state index contributed by atoms with van der Waals surface area (Å²) in [5, 5.41) is 4.59. The normalized spacial score (nSPS) is 10.8. The van der Waals surface area contributed by atoms with Gasteiger partial charge >= 0.3 is 0 Å². The minimum absolute atomic E-state index is 0.0694. The third-order valence-corrected chi connectivity index (χ3v) is 5.26. The van der Waals surface area contributed by atoms with Crippen LogP contribution in [0.2, 0.25) is 0 Å². The molecule has 0 spiro atoms. The Morgan fingerprint density at radius 2 is 2.00 bits per heavy atom. The second-order valence-electron chi connectivity index (χ2n) is 6.26. The zero-order valence-electron chi connectivity index (χ0n) is 15.8. The molecule has 2 aromatic carbocycles. The van der Waals surface area contributed by atoms with Gasteiger partial charge in [0.15, 0.2) is 11.6 Å². The van der Waals surface area contributed by atoms with Crippen molar-refractivity contribution in [3.8, 4) is 17.3 Å². The SMILES string of the molecule is COc1cccc(CNC(=O)CSc2nc(-c3ccco3)nc3ccccc23)c1. The summed E-state index contributed by atoms with van der Waals surface area (Å²) < 4.78 is 10.6. The first-order valence-corrected chi connectivity index (χ1v) is 10.0. The van der Waals surface area contributed by atoms with Gasteiger partial charge in [-0.15, -0.1) is 0 Å². The van der Waals surface area contributed by atoms with Crippen LogP contribution < -0.4 is 10.1 Å². The predicted octanol–water partition coefficient (Wildman–Crippen LogP) is 4.31. The molecule has 0 saturated carbocycles. The average Bonchev–Trinajstić information content (AvgIpc) is 3.31. The monoisotopic (exact) mass is 405 g/mol. The fourth-order valence-corrected chi connectivity index (χ4v) is 3.69. The summed E-state index contributed by atoms with van der Waals surface area (Å²) in [5.74, 6) is 2.06. The molecule has 146 valence electrons. The number of carbonyl (C=O) groups excluding carboxylic acids is 1. The number of hydrogen-bond donors (Lipinski definition) is 1. The minimum atomic E-state index is -0.0694. The van der Waals surface area contributed by atoms with E-state index < -0.39 is 0 Å². The van der Waals surface area contributed by atoms with E-state index in [1.54, 1.807) is 19.4 Å². The number of nitrogens with zero attached hydrogens (tertiary/aromatic N) is 2. The van der Waals surface area contributed by atoms with Crippen LogP contribution in [0, 0.1) is 0 Å². The molecule has 0 atom stereocenters. The first-order chi connectivity index (χ1) is 14.2. The summed E-state index contributed by atoms with van der Waals surface area (Å²) in [4.78, 5) is 21.6. The Balaban J connectivity index is 1.46. The fourth-order valence-electron chi connectivity index (χ4n) is 2.84. The highest BCUT2D eigenvalue weighted by atomic mass is 32.2. The topological polar surface area (TPSA) is 77.2 Å². The number of aromatic nitrogens is 2. The third-order valence-electron chi connectivity index (χ3n) is 4.27. The third kappa shape index (κ3) is 4.57. The van der Waals surface area contributed by atoms with Crippen molar-refractivity contribution in [3.63, 3.8) is 0 Å². The Kier molecular flexibility index (Phi) is 5.76. The van der Waals surface area contributed by atoms with Gasteiger partial charge in [0.1, 0.15) is 10.8 Å². The van der Waals surface area contributed by atoms with Crippen molar-refractivity contribution in [1.29, 1.82) is 0 Å². The average molecular weight is 405 g/mol. The largest absolute Gasteiger partial charge is 0.497 e. The standard InChI is InChI=1S/C22H19N3O3S/c1-27-16-7-4-6-15(12-16)13-23-20(26)14-29-22-17-8-2-3-9-18(17)24-21(25-22)19-10-5-11-28-19/h2-12H,13-14H2,1H3,(H,23,26). The van der Waals surface area contributed by atoms with Gasteiger partial charge in [0.05, 0.1) is 24.6 Å². The molecule has 7 heteroatoms. The predicted molar refractivity (Wildman–Crippen MR) is 113 cm³/mol. The zero-order valence-corrected chi connectivity index (χ0v) is 16.6. The Morgan fingerprint density at radius 3 is 2.83 bits per heavy atom. The molecule has 0 aliphatic heterocycles. The smallest absolute Gasteiger partial charge is 0.230 e. The van der Waals surface area contributed by atoms with Crippen LogP contribution in [0.25, 0.3) is 22.5 Å². The van der Waals surface area contributed by atoms with Gasteiger partial charge in [-0.25, -0.2) is 9.97 Å². The Morgan fingerprint density at radius 1 is 1.10 bits per heavy atom. The maximum atomic E-state index is 12.4. The molecule has 1 amide bonds. The van der Waals surface area contributed by atoms with Crippen molar-refractivity contribution in [1.82, 2.24) is 15.3 Å². The number of ether oxygens (including phenoxy) is 1. The molecule has 0 saturated heterocycles. The lowest BCUT2D eigenvalue weighted by atomic mass is 10.2. The van der Waals surface area contributed by atoms with E-state index in [-0.39, 0.29) is 11.7 Å². The van der Waals surface area contributed by atoms with Crippen molar-refractivity contribution >= 4 is 28.6 Å². The van der Waals surface area contributed by atoms with Gasteiger partial charge in [-0.05, 0) is 35.9 Å². The molecule has 2 aromatic heterocycles. The molecule has 0 radical (unpaired) electrons. The maximum Gasteiger partial charge on any atom is 0.230 e. The summed E-state index contributed by atoms with van der Waals surface area (Å²) in [5.41, 5.74) is 1.79. The van der Waals surface area contributed by atoms with Crippen molar-refractivity contribution in [2.75, 3.05) is 12.9 Å².